The first-order valence-electron chi connectivity index (χ1n) is 9.37. The molecule has 1 heterocycles. The molecule has 0 bridgehead atoms. The lowest BCUT2D eigenvalue weighted by Crippen LogP contribution is -2.33. The molecule has 1 aromatic heterocycles. The van der Waals surface area contributed by atoms with Gasteiger partial charge in [0.1, 0.15) is 12.4 Å². The van der Waals surface area contributed by atoms with E-state index in [2.05, 4.69) is 25.1 Å². The minimum Gasteiger partial charge on any atom is -0.497 e. The second-order valence-electron chi connectivity index (χ2n) is 6.64. The summed E-state index contributed by atoms with van der Waals surface area (Å²) in [7, 11) is 1.58. The van der Waals surface area contributed by atoms with E-state index in [0.29, 0.717) is 5.56 Å². The molecule has 3 aromatic rings. The van der Waals surface area contributed by atoms with Crippen LogP contribution in [0.1, 0.15) is 28.7 Å². The van der Waals surface area contributed by atoms with Crippen LogP contribution in [0.5, 0.6) is 5.75 Å². The van der Waals surface area contributed by atoms with Crippen molar-refractivity contribution in [2.45, 2.75) is 25.7 Å². The summed E-state index contributed by atoms with van der Waals surface area (Å²) in [5, 5.41) is 9.86. The fourth-order valence-corrected chi connectivity index (χ4v) is 2.52. The molecule has 3 rings (SSSR count). The van der Waals surface area contributed by atoms with E-state index < -0.39 is 24.0 Å². The van der Waals surface area contributed by atoms with E-state index in [9.17, 15) is 18.0 Å². The third-order valence-corrected chi connectivity index (χ3v) is 4.18. The van der Waals surface area contributed by atoms with Crippen LogP contribution in [0.2, 0.25) is 0 Å². The van der Waals surface area contributed by atoms with Crippen LogP contribution in [-0.4, -0.2) is 35.4 Å². The second-order valence-corrected chi connectivity index (χ2v) is 6.64. The Bertz CT molecular complexity index is 1060. The minimum absolute atomic E-state index is 0.223. The van der Waals surface area contributed by atoms with E-state index in [1.165, 1.54) is 30.5 Å². The molecule has 0 aliphatic carbocycles. The van der Waals surface area contributed by atoms with Crippen LogP contribution in [0.4, 0.5) is 13.2 Å². The van der Waals surface area contributed by atoms with Crippen molar-refractivity contribution in [3.8, 4) is 17.1 Å². The fraction of sp³-hybridized carbons (Fsp3) is 0.238. The van der Waals surface area contributed by atoms with Crippen molar-refractivity contribution in [3.63, 3.8) is 0 Å². The van der Waals surface area contributed by atoms with E-state index >= 15 is 0 Å². The third-order valence-electron chi connectivity index (χ3n) is 4.18. The lowest BCUT2D eigenvalue weighted by Gasteiger charge is -2.09. The van der Waals surface area contributed by atoms with Crippen molar-refractivity contribution in [1.29, 1.82) is 0 Å². The van der Waals surface area contributed by atoms with Crippen molar-refractivity contribution in [3.05, 3.63) is 65.5 Å². The van der Waals surface area contributed by atoms with Gasteiger partial charge in [0.05, 0.1) is 19.4 Å². The average molecular weight is 448 g/mol. The van der Waals surface area contributed by atoms with Crippen LogP contribution < -0.4 is 10.1 Å². The summed E-state index contributed by atoms with van der Waals surface area (Å²) < 4.78 is 47.0. The first kappa shape index (κ1) is 22.8. The lowest BCUT2D eigenvalue weighted by molar-refractivity contribution is -0.159. The normalized spacial score (nSPS) is 12.5. The van der Waals surface area contributed by atoms with Gasteiger partial charge in [-0.15, -0.1) is 0 Å². The summed E-state index contributed by atoms with van der Waals surface area (Å²) in [5.74, 6) is -1.31. The van der Waals surface area contributed by atoms with Gasteiger partial charge < -0.3 is 19.4 Å². The number of aromatic nitrogens is 2. The Labute approximate surface area is 181 Å². The zero-order valence-electron chi connectivity index (χ0n) is 17.1. The van der Waals surface area contributed by atoms with E-state index in [-0.39, 0.29) is 18.0 Å². The maximum Gasteiger partial charge on any atom is 0.471 e. The molecule has 168 valence electrons. The van der Waals surface area contributed by atoms with Gasteiger partial charge in [0, 0.05) is 11.1 Å². The van der Waals surface area contributed by atoms with Gasteiger partial charge in [0.25, 0.3) is 5.91 Å². The summed E-state index contributed by atoms with van der Waals surface area (Å²) in [4.78, 5) is 20.9. The fourth-order valence-electron chi connectivity index (χ4n) is 2.52. The number of nitrogens with one attached hydrogen (secondary N) is 1. The molecule has 1 atom stereocenters. The first-order valence-corrected chi connectivity index (χ1v) is 9.37. The molecule has 1 amide bonds. The number of hydrogen-bond donors (Lipinski definition) is 1. The molecule has 0 saturated heterocycles. The Kier molecular flexibility index (Phi) is 7.08. The number of benzene rings is 2. The molecule has 0 spiro atoms. The Morgan fingerprint density at radius 2 is 1.88 bits per heavy atom. The number of oxime groups is 1. The number of halogens is 3. The van der Waals surface area contributed by atoms with Gasteiger partial charge in [0.2, 0.25) is 5.82 Å². The SMILES string of the molecule is COc1ccc(CON=CC(C)NC(=O)c2ccc(-c3noc(C(F)(F)F)n3)cc2)cc1. The zero-order valence-corrected chi connectivity index (χ0v) is 17.1. The standard InChI is InChI=1S/C21H19F3N4O4/c1-13(11-25-31-12-14-3-9-17(30-2)10-4-14)26-19(29)16-7-5-15(6-8-16)18-27-20(32-28-18)21(22,23)24/h3-11,13H,12H2,1-2H3,(H,26,29). The highest BCUT2D eigenvalue weighted by atomic mass is 19.4. The zero-order chi connectivity index (χ0) is 23.1. The number of ether oxygens (including phenoxy) is 1. The predicted molar refractivity (Wildman–Crippen MR) is 108 cm³/mol. The Morgan fingerprint density at radius 3 is 2.47 bits per heavy atom. The van der Waals surface area contributed by atoms with Crippen LogP contribution in [0.15, 0.2) is 58.2 Å². The number of alkyl halides is 3. The second kappa shape index (κ2) is 9.94. The molecule has 8 nitrogen and oxygen atoms in total. The van der Waals surface area contributed by atoms with Gasteiger partial charge in [0.15, 0.2) is 0 Å². The lowest BCUT2D eigenvalue weighted by atomic mass is 10.1. The van der Waals surface area contributed by atoms with E-state index in [1.807, 2.05) is 24.3 Å². The molecule has 32 heavy (non-hydrogen) atoms. The van der Waals surface area contributed by atoms with Crippen LogP contribution in [0, 0.1) is 0 Å². The number of methoxy groups -OCH3 is 1. The topological polar surface area (TPSA) is 98.8 Å². The Balaban J connectivity index is 1.50. The van der Waals surface area contributed by atoms with Crippen LogP contribution in [-0.2, 0) is 17.6 Å². The molecule has 2 aromatic carbocycles. The highest BCUT2D eigenvalue weighted by Crippen LogP contribution is 2.29. The Morgan fingerprint density at radius 1 is 1.19 bits per heavy atom. The van der Waals surface area contributed by atoms with Crippen molar-refractivity contribution < 1.29 is 32.1 Å². The van der Waals surface area contributed by atoms with E-state index in [0.717, 1.165) is 11.3 Å². The molecule has 0 aliphatic heterocycles. The van der Waals surface area contributed by atoms with Crippen LogP contribution in [0.3, 0.4) is 0 Å². The maximum absolute atomic E-state index is 12.6. The van der Waals surface area contributed by atoms with E-state index in [4.69, 9.17) is 9.57 Å². The predicted octanol–water partition coefficient (Wildman–Crippen LogP) is 4.08. The summed E-state index contributed by atoms with van der Waals surface area (Å²) in [5.41, 5.74) is 1.48. The largest absolute Gasteiger partial charge is 0.497 e. The number of carbonyl (C=O) groups excluding carboxylic acids is 1. The van der Waals surface area contributed by atoms with Crippen molar-refractivity contribution in [1.82, 2.24) is 15.5 Å². The molecule has 0 saturated carbocycles. The number of carbonyl (C=O) groups is 1. The monoisotopic (exact) mass is 448 g/mol. The molecule has 1 unspecified atom stereocenters. The molecule has 0 fully saturated rings. The van der Waals surface area contributed by atoms with E-state index in [1.54, 1.807) is 14.0 Å². The number of amides is 1. The van der Waals surface area contributed by atoms with Crippen molar-refractivity contribution >= 4 is 12.1 Å². The summed E-state index contributed by atoms with van der Waals surface area (Å²) in [6.07, 6.45) is -3.28. The summed E-state index contributed by atoms with van der Waals surface area (Å²) >= 11 is 0. The number of hydrogen-bond acceptors (Lipinski definition) is 7. The third kappa shape index (κ3) is 6.06. The summed E-state index contributed by atoms with van der Waals surface area (Å²) in [6.45, 7) is 1.97. The molecule has 0 radical (unpaired) electrons. The van der Waals surface area contributed by atoms with Crippen LogP contribution in [0.25, 0.3) is 11.4 Å². The molecule has 11 heteroatoms. The molecular formula is C21H19F3N4O4. The van der Waals surface area contributed by atoms with Gasteiger partial charge in [-0.1, -0.05) is 34.6 Å². The summed E-state index contributed by atoms with van der Waals surface area (Å²) in [6, 6.07) is 12.6. The first-order chi connectivity index (χ1) is 15.3. The van der Waals surface area contributed by atoms with Gasteiger partial charge >= 0.3 is 12.1 Å². The molecule has 1 N–H and O–H groups in total. The van der Waals surface area contributed by atoms with Gasteiger partial charge in [-0.3, -0.25) is 4.79 Å². The Hall–Kier alpha value is -3.89. The van der Waals surface area contributed by atoms with Gasteiger partial charge in [-0.05, 0) is 36.8 Å². The highest BCUT2D eigenvalue weighted by molar-refractivity contribution is 5.96. The van der Waals surface area contributed by atoms with Crippen molar-refractivity contribution in [2.24, 2.45) is 5.16 Å². The van der Waals surface area contributed by atoms with Gasteiger partial charge in [-0.25, -0.2) is 0 Å². The molecule has 0 aliphatic rings. The number of rotatable bonds is 8. The number of nitrogens with zero attached hydrogens (tertiary/aromatic N) is 3. The molecular weight excluding hydrogens is 429 g/mol. The smallest absolute Gasteiger partial charge is 0.471 e. The van der Waals surface area contributed by atoms with Crippen molar-refractivity contribution in [2.75, 3.05) is 7.11 Å². The van der Waals surface area contributed by atoms with Crippen LogP contribution >= 0.6 is 0 Å². The van der Waals surface area contributed by atoms with Gasteiger partial charge in [-0.2, -0.15) is 18.2 Å². The minimum atomic E-state index is -4.72. The quantitative estimate of drug-likeness (QED) is 0.412. The average Bonchev–Trinajstić information content (AvgIpc) is 3.28. The highest BCUT2D eigenvalue weighted by Gasteiger charge is 2.38. The maximum atomic E-state index is 12.6.